The second-order valence-corrected chi connectivity index (χ2v) is 4.62. The summed E-state index contributed by atoms with van der Waals surface area (Å²) in [4.78, 5) is 5.51. The van der Waals surface area contributed by atoms with Crippen molar-refractivity contribution < 1.29 is 0 Å². The van der Waals surface area contributed by atoms with E-state index in [1.807, 2.05) is 30.5 Å². The van der Waals surface area contributed by atoms with E-state index in [0.717, 1.165) is 22.9 Å². The summed E-state index contributed by atoms with van der Waals surface area (Å²) in [5, 5.41) is 4.34. The average Bonchev–Trinajstić information content (AvgIpc) is 2.63. The highest BCUT2D eigenvalue weighted by molar-refractivity contribution is 7.11. The number of nitrogens with one attached hydrogen (secondary N) is 1. The van der Waals surface area contributed by atoms with E-state index in [0.29, 0.717) is 0 Å². The number of benzene rings is 1. The van der Waals surface area contributed by atoms with Crippen LogP contribution in [-0.4, -0.2) is 4.98 Å². The van der Waals surface area contributed by atoms with Crippen LogP contribution in [0.3, 0.4) is 0 Å². The van der Waals surface area contributed by atoms with Crippen molar-refractivity contribution in [1.29, 1.82) is 0 Å². The summed E-state index contributed by atoms with van der Waals surface area (Å²) in [6.45, 7) is 2.78. The molecule has 0 fully saturated rings. The van der Waals surface area contributed by atoms with Crippen LogP contribution in [0, 0.1) is 6.92 Å². The zero-order valence-corrected chi connectivity index (χ0v) is 9.34. The Balaban J connectivity index is 2.02. The number of aryl methyl sites for hydroxylation is 1. The van der Waals surface area contributed by atoms with Crippen molar-refractivity contribution in [3.05, 3.63) is 40.3 Å². The Morgan fingerprint density at radius 2 is 2.20 bits per heavy atom. The van der Waals surface area contributed by atoms with E-state index in [9.17, 15) is 0 Å². The molecule has 1 aromatic carbocycles. The topological polar surface area (TPSA) is 50.9 Å². The highest BCUT2D eigenvalue weighted by Gasteiger charge is 2.00. The van der Waals surface area contributed by atoms with Gasteiger partial charge in [-0.15, -0.1) is 11.3 Å². The molecule has 3 nitrogen and oxygen atoms in total. The van der Waals surface area contributed by atoms with Crippen LogP contribution >= 0.6 is 11.3 Å². The van der Waals surface area contributed by atoms with Gasteiger partial charge in [0.25, 0.3) is 0 Å². The summed E-state index contributed by atoms with van der Waals surface area (Å²) in [6, 6.07) is 7.74. The molecule has 78 valence electrons. The largest absolute Gasteiger partial charge is 0.397 e. The predicted molar refractivity (Wildman–Crippen MR) is 65.0 cm³/mol. The minimum Gasteiger partial charge on any atom is -0.397 e. The van der Waals surface area contributed by atoms with Crippen molar-refractivity contribution in [2.24, 2.45) is 0 Å². The van der Waals surface area contributed by atoms with E-state index in [-0.39, 0.29) is 0 Å². The first-order valence-corrected chi connectivity index (χ1v) is 5.57. The van der Waals surface area contributed by atoms with Gasteiger partial charge in [0.15, 0.2) is 0 Å². The van der Waals surface area contributed by atoms with Crippen molar-refractivity contribution in [2.75, 3.05) is 11.1 Å². The molecule has 1 heterocycles. The molecule has 2 aromatic rings. The lowest BCUT2D eigenvalue weighted by atomic mass is 10.3. The minimum atomic E-state index is 0.729. The van der Waals surface area contributed by atoms with Gasteiger partial charge in [-0.1, -0.05) is 12.1 Å². The number of nitrogens with two attached hydrogens (primary N) is 1. The van der Waals surface area contributed by atoms with Crippen LogP contribution in [-0.2, 0) is 6.54 Å². The van der Waals surface area contributed by atoms with Crippen LogP contribution in [0.4, 0.5) is 11.4 Å². The zero-order chi connectivity index (χ0) is 10.7. The zero-order valence-electron chi connectivity index (χ0n) is 8.53. The van der Waals surface area contributed by atoms with E-state index in [1.54, 1.807) is 11.3 Å². The van der Waals surface area contributed by atoms with E-state index >= 15 is 0 Å². The maximum atomic E-state index is 5.81. The predicted octanol–water partition coefficient (Wildman–Crippen LogP) is 2.65. The maximum Gasteiger partial charge on any atom is 0.112 e. The second kappa shape index (κ2) is 4.31. The third-order valence-corrected chi connectivity index (χ3v) is 2.97. The Hall–Kier alpha value is -1.55. The lowest BCUT2D eigenvalue weighted by Crippen LogP contribution is -2.01. The lowest BCUT2D eigenvalue weighted by molar-refractivity contribution is 1.10. The van der Waals surface area contributed by atoms with Gasteiger partial charge in [0.05, 0.1) is 17.9 Å². The van der Waals surface area contributed by atoms with Crippen molar-refractivity contribution in [3.63, 3.8) is 0 Å². The lowest BCUT2D eigenvalue weighted by Gasteiger charge is -2.06. The molecule has 0 bridgehead atoms. The molecule has 3 N–H and O–H groups in total. The Bertz CT molecular complexity index is 451. The number of anilines is 2. The third-order valence-electron chi connectivity index (χ3n) is 2.06. The molecule has 15 heavy (non-hydrogen) atoms. The number of thiazole rings is 1. The SMILES string of the molecule is Cc1cnc(CNc2ccccc2N)s1. The third kappa shape index (κ3) is 2.47. The first kappa shape index (κ1) is 9.98. The van der Waals surface area contributed by atoms with Gasteiger partial charge in [-0.2, -0.15) is 0 Å². The van der Waals surface area contributed by atoms with Crippen LogP contribution < -0.4 is 11.1 Å². The molecule has 0 amide bonds. The van der Waals surface area contributed by atoms with E-state index in [4.69, 9.17) is 5.73 Å². The van der Waals surface area contributed by atoms with Crippen molar-refractivity contribution >= 4 is 22.7 Å². The summed E-state index contributed by atoms with van der Waals surface area (Å²) in [5.74, 6) is 0. The van der Waals surface area contributed by atoms with Crippen LogP contribution in [0.2, 0.25) is 0 Å². The smallest absolute Gasteiger partial charge is 0.112 e. The Labute approximate surface area is 93.0 Å². The van der Waals surface area contributed by atoms with Crippen molar-refractivity contribution in [1.82, 2.24) is 4.98 Å². The number of hydrogen-bond acceptors (Lipinski definition) is 4. The van der Waals surface area contributed by atoms with Crippen LogP contribution in [0.1, 0.15) is 9.88 Å². The van der Waals surface area contributed by atoms with E-state index in [2.05, 4.69) is 17.2 Å². The average molecular weight is 219 g/mol. The summed E-state index contributed by atoms with van der Waals surface area (Å²) in [7, 11) is 0. The Kier molecular flexibility index (Phi) is 2.87. The Morgan fingerprint density at radius 1 is 1.40 bits per heavy atom. The first-order valence-electron chi connectivity index (χ1n) is 4.75. The molecule has 4 heteroatoms. The molecule has 0 aliphatic heterocycles. The van der Waals surface area contributed by atoms with Gasteiger partial charge in [-0.3, -0.25) is 0 Å². The summed E-state index contributed by atoms with van der Waals surface area (Å²) >= 11 is 1.70. The van der Waals surface area contributed by atoms with Gasteiger partial charge >= 0.3 is 0 Å². The Morgan fingerprint density at radius 3 is 2.87 bits per heavy atom. The molecule has 0 saturated heterocycles. The molecule has 0 spiro atoms. The summed E-state index contributed by atoms with van der Waals surface area (Å²) in [6.07, 6.45) is 1.88. The number of nitrogens with zero attached hydrogens (tertiary/aromatic N) is 1. The maximum absolute atomic E-state index is 5.81. The normalized spacial score (nSPS) is 10.2. The molecular formula is C11H13N3S. The van der Waals surface area contributed by atoms with Gasteiger partial charge in [0.1, 0.15) is 5.01 Å². The van der Waals surface area contributed by atoms with Gasteiger partial charge in [-0.05, 0) is 19.1 Å². The first-order chi connectivity index (χ1) is 7.25. The number of nitrogen functional groups attached to an aromatic ring is 1. The molecule has 0 saturated carbocycles. The standard InChI is InChI=1S/C11H13N3S/c1-8-6-14-11(15-8)7-13-10-5-3-2-4-9(10)12/h2-6,13H,7,12H2,1H3. The van der Waals surface area contributed by atoms with Gasteiger partial charge in [0.2, 0.25) is 0 Å². The number of para-hydroxylation sites is 2. The van der Waals surface area contributed by atoms with Gasteiger partial charge in [0, 0.05) is 11.1 Å². The van der Waals surface area contributed by atoms with E-state index < -0.39 is 0 Å². The van der Waals surface area contributed by atoms with E-state index in [1.165, 1.54) is 4.88 Å². The fourth-order valence-corrected chi connectivity index (χ4v) is 2.04. The number of aromatic nitrogens is 1. The molecular weight excluding hydrogens is 206 g/mol. The molecule has 0 aliphatic rings. The molecule has 1 aromatic heterocycles. The van der Waals surface area contributed by atoms with Gasteiger partial charge < -0.3 is 11.1 Å². The van der Waals surface area contributed by atoms with Crippen molar-refractivity contribution in [3.8, 4) is 0 Å². The fraction of sp³-hybridized carbons (Fsp3) is 0.182. The molecule has 0 aliphatic carbocycles. The quantitative estimate of drug-likeness (QED) is 0.780. The molecule has 0 unspecified atom stereocenters. The fourth-order valence-electron chi connectivity index (χ4n) is 1.31. The summed E-state index contributed by atoms with van der Waals surface area (Å²) in [5.41, 5.74) is 7.54. The molecule has 0 atom stereocenters. The monoisotopic (exact) mass is 219 g/mol. The second-order valence-electron chi connectivity index (χ2n) is 3.31. The van der Waals surface area contributed by atoms with Crippen molar-refractivity contribution in [2.45, 2.75) is 13.5 Å². The minimum absolute atomic E-state index is 0.729. The molecule has 0 radical (unpaired) electrons. The van der Waals surface area contributed by atoms with Gasteiger partial charge in [-0.25, -0.2) is 4.98 Å². The molecule has 2 rings (SSSR count). The summed E-state index contributed by atoms with van der Waals surface area (Å²) < 4.78 is 0. The highest BCUT2D eigenvalue weighted by Crippen LogP contribution is 2.19. The van der Waals surface area contributed by atoms with Crippen LogP contribution in [0.15, 0.2) is 30.5 Å². The van der Waals surface area contributed by atoms with Crippen LogP contribution in [0.25, 0.3) is 0 Å². The van der Waals surface area contributed by atoms with Crippen LogP contribution in [0.5, 0.6) is 0 Å². The number of rotatable bonds is 3. The number of hydrogen-bond donors (Lipinski definition) is 2. The highest BCUT2D eigenvalue weighted by atomic mass is 32.1.